The number of hydrogen-bond acceptors (Lipinski definition) is 5. The Morgan fingerprint density at radius 1 is 1.17 bits per heavy atom. The summed E-state index contributed by atoms with van der Waals surface area (Å²) >= 11 is 0. The quantitative estimate of drug-likeness (QED) is 0.379. The Hall–Kier alpha value is -3.30. The van der Waals surface area contributed by atoms with E-state index in [1.54, 1.807) is 31.6 Å². The molecule has 0 unspecified atom stereocenters. The lowest BCUT2D eigenvalue weighted by molar-refractivity contribution is 0.144. The number of aromatic nitrogens is 3. The molecule has 0 spiro atoms. The van der Waals surface area contributed by atoms with Crippen molar-refractivity contribution < 1.29 is 17.5 Å². The van der Waals surface area contributed by atoms with Crippen molar-refractivity contribution in [2.24, 2.45) is 4.99 Å². The molecule has 4 aromatic rings. The van der Waals surface area contributed by atoms with Gasteiger partial charge in [-0.25, -0.2) is 12.8 Å². The van der Waals surface area contributed by atoms with Crippen LogP contribution in [0, 0.1) is 5.82 Å². The number of sulfone groups is 1. The van der Waals surface area contributed by atoms with E-state index in [0.29, 0.717) is 13.2 Å². The Bertz CT molecular complexity index is 1560. The van der Waals surface area contributed by atoms with E-state index >= 15 is 0 Å². The number of fused-ring (bicyclic) bond motifs is 2. The van der Waals surface area contributed by atoms with E-state index in [4.69, 9.17) is 4.74 Å². The van der Waals surface area contributed by atoms with Gasteiger partial charge in [-0.2, -0.15) is 5.10 Å². The molecule has 2 aromatic carbocycles. The van der Waals surface area contributed by atoms with Gasteiger partial charge in [0.25, 0.3) is 0 Å². The molecule has 1 aliphatic heterocycles. The van der Waals surface area contributed by atoms with Gasteiger partial charge in [-0.05, 0) is 47.5 Å². The average molecular weight is 495 g/mol. The SMILES string of the molecule is COCC(C)(C)c1c(-c2cnn(CS(C)(=O)=O)c2)c2cc3c(cc2n1-c1ccc(F)cc1)C=NC3. The van der Waals surface area contributed by atoms with Crippen molar-refractivity contribution in [3.05, 3.63) is 71.4 Å². The van der Waals surface area contributed by atoms with E-state index < -0.39 is 15.3 Å². The Kier molecular flexibility index (Phi) is 5.64. The van der Waals surface area contributed by atoms with E-state index in [1.165, 1.54) is 23.1 Å². The molecule has 0 N–H and O–H groups in total. The van der Waals surface area contributed by atoms with Gasteiger partial charge in [-0.3, -0.25) is 9.67 Å². The third-order valence-corrected chi connectivity index (χ3v) is 6.97. The molecule has 0 bridgehead atoms. The highest BCUT2D eigenvalue weighted by Crippen LogP contribution is 2.44. The summed E-state index contributed by atoms with van der Waals surface area (Å²) in [6, 6.07) is 10.7. The number of hydrogen-bond donors (Lipinski definition) is 0. The summed E-state index contributed by atoms with van der Waals surface area (Å²) in [5.41, 5.74) is 6.21. The van der Waals surface area contributed by atoms with Crippen LogP contribution in [0.25, 0.3) is 27.7 Å². The van der Waals surface area contributed by atoms with Crippen LogP contribution in [0.4, 0.5) is 4.39 Å². The number of rotatable bonds is 7. The van der Waals surface area contributed by atoms with E-state index in [9.17, 15) is 12.8 Å². The molecule has 1 aliphatic rings. The molecule has 182 valence electrons. The highest BCUT2D eigenvalue weighted by Gasteiger charge is 2.33. The van der Waals surface area contributed by atoms with Crippen molar-refractivity contribution in [1.82, 2.24) is 14.3 Å². The summed E-state index contributed by atoms with van der Waals surface area (Å²) < 4.78 is 46.8. The second-order valence-corrected chi connectivity index (χ2v) is 11.8. The first kappa shape index (κ1) is 23.4. The second-order valence-electron chi connectivity index (χ2n) is 9.71. The minimum absolute atomic E-state index is 0.205. The fraction of sp³-hybridized carbons (Fsp3) is 0.308. The Labute approximate surface area is 203 Å². The zero-order valence-corrected chi connectivity index (χ0v) is 20.9. The molecule has 0 radical (unpaired) electrons. The summed E-state index contributed by atoms with van der Waals surface area (Å²) in [6.07, 6.45) is 6.53. The van der Waals surface area contributed by atoms with Gasteiger partial charge < -0.3 is 9.30 Å². The lowest BCUT2D eigenvalue weighted by Gasteiger charge is -2.28. The second kappa shape index (κ2) is 8.42. The summed E-state index contributed by atoms with van der Waals surface area (Å²) in [4.78, 5) is 4.43. The molecule has 0 atom stereocenters. The van der Waals surface area contributed by atoms with Crippen molar-refractivity contribution in [2.75, 3.05) is 20.0 Å². The largest absolute Gasteiger partial charge is 0.384 e. The summed E-state index contributed by atoms with van der Waals surface area (Å²) in [6.45, 7) is 5.25. The molecule has 2 aromatic heterocycles. The zero-order valence-electron chi connectivity index (χ0n) is 20.1. The molecule has 0 aliphatic carbocycles. The normalized spacial score (nSPS) is 13.6. The fourth-order valence-corrected chi connectivity index (χ4v) is 5.54. The number of benzene rings is 2. The summed E-state index contributed by atoms with van der Waals surface area (Å²) in [7, 11) is -1.59. The van der Waals surface area contributed by atoms with Gasteiger partial charge in [0.05, 0.1) is 24.9 Å². The fourth-order valence-electron chi connectivity index (χ4n) is 4.92. The minimum atomic E-state index is -3.26. The van der Waals surface area contributed by atoms with Gasteiger partial charge in [0.1, 0.15) is 11.7 Å². The molecule has 7 nitrogen and oxygen atoms in total. The molecule has 0 saturated carbocycles. The maximum atomic E-state index is 13.9. The van der Waals surface area contributed by atoms with Crippen LogP contribution in [0.2, 0.25) is 0 Å². The zero-order chi connectivity index (χ0) is 25.0. The van der Waals surface area contributed by atoms with Crippen molar-refractivity contribution in [2.45, 2.75) is 31.7 Å². The van der Waals surface area contributed by atoms with Crippen molar-refractivity contribution >= 4 is 27.0 Å². The lowest BCUT2D eigenvalue weighted by atomic mass is 9.85. The van der Waals surface area contributed by atoms with Crippen LogP contribution >= 0.6 is 0 Å². The predicted octanol–water partition coefficient (Wildman–Crippen LogP) is 4.49. The van der Waals surface area contributed by atoms with Crippen LogP contribution in [0.3, 0.4) is 0 Å². The van der Waals surface area contributed by atoms with Gasteiger partial charge in [0, 0.05) is 59.1 Å². The standard InChI is InChI=1S/C26H27FN4O3S/c1-26(2,15-34-3)25-24(19-13-29-30(14-19)16-35(4,32)33)22-9-17-11-28-12-18(17)10-23(22)31(25)21-7-5-20(27)6-8-21/h5-10,12-14H,11,15-16H2,1-4H3. The molecular formula is C26H27FN4O3S. The van der Waals surface area contributed by atoms with Gasteiger partial charge in [-0.15, -0.1) is 0 Å². The molecule has 3 heterocycles. The molecule has 9 heteroatoms. The Balaban J connectivity index is 1.87. The van der Waals surface area contributed by atoms with Crippen molar-refractivity contribution in [3.8, 4) is 16.8 Å². The predicted molar refractivity (Wildman–Crippen MR) is 135 cm³/mol. The minimum Gasteiger partial charge on any atom is -0.384 e. The van der Waals surface area contributed by atoms with Crippen LogP contribution in [0.15, 0.2) is 53.8 Å². The first-order chi connectivity index (χ1) is 16.6. The molecular weight excluding hydrogens is 467 g/mol. The molecule has 0 saturated heterocycles. The van der Waals surface area contributed by atoms with E-state index in [1.807, 2.05) is 6.21 Å². The average Bonchev–Trinajstić information content (AvgIpc) is 3.48. The highest BCUT2D eigenvalue weighted by atomic mass is 32.2. The van der Waals surface area contributed by atoms with Gasteiger partial charge >= 0.3 is 0 Å². The van der Waals surface area contributed by atoms with Crippen molar-refractivity contribution in [3.63, 3.8) is 0 Å². The lowest BCUT2D eigenvalue weighted by Crippen LogP contribution is -2.27. The van der Waals surface area contributed by atoms with Gasteiger partial charge in [-0.1, -0.05) is 13.8 Å². The number of halogens is 1. The van der Waals surface area contributed by atoms with E-state index in [-0.39, 0.29) is 11.7 Å². The third-order valence-electron chi connectivity index (χ3n) is 6.24. The molecule has 35 heavy (non-hydrogen) atoms. The number of ether oxygens (including phenoxy) is 1. The number of aliphatic imine (C=N–C) groups is 1. The van der Waals surface area contributed by atoms with Crippen LogP contribution in [-0.2, 0) is 32.4 Å². The molecule has 5 rings (SSSR count). The van der Waals surface area contributed by atoms with E-state index in [0.717, 1.165) is 44.5 Å². The third kappa shape index (κ3) is 4.30. The maximum Gasteiger partial charge on any atom is 0.167 e. The monoisotopic (exact) mass is 494 g/mol. The highest BCUT2D eigenvalue weighted by molar-refractivity contribution is 7.89. The van der Waals surface area contributed by atoms with Crippen LogP contribution in [0.5, 0.6) is 0 Å². The topological polar surface area (TPSA) is 78.5 Å². The Morgan fingerprint density at radius 2 is 1.91 bits per heavy atom. The maximum absolute atomic E-state index is 13.9. The Morgan fingerprint density at radius 3 is 2.60 bits per heavy atom. The molecule has 0 fully saturated rings. The number of nitrogens with zero attached hydrogens (tertiary/aromatic N) is 4. The molecule has 0 amide bonds. The van der Waals surface area contributed by atoms with Gasteiger partial charge in [0.2, 0.25) is 0 Å². The van der Waals surface area contributed by atoms with Crippen LogP contribution in [-0.4, -0.2) is 49.0 Å². The smallest absolute Gasteiger partial charge is 0.167 e. The summed E-state index contributed by atoms with van der Waals surface area (Å²) in [5, 5.41) is 5.34. The van der Waals surface area contributed by atoms with Crippen LogP contribution in [0.1, 0.15) is 30.7 Å². The summed E-state index contributed by atoms with van der Waals surface area (Å²) in [5.74, 6) is -0.512. The first-order valence-corrected chi connectivity index (χ1v) is 13.3. The van der Waals surface area contributed by atoms with E-state index in [2.05, 4.69) is 40.6 Å². The number of methoxy groups -OCH3 is 1. The van der Waals surface area contributed by atoms with Crippen molar-refractivity contribution in [1.29, 1.82) is 0 Å². The first-order valence-electron chi connectivity index (χ1n) is 11.2. The van der Waals surface area contributed by atoms with Gasteiger partial charge in [0.15, 0.2) is 9.84 Å². The van der Waals surface area contributed by atoms with Crippen LogP contribution < -0.4 is 0 Å².